The van der Waals surface area contributed by atoms with Crippen molar-refractivity contribution >= 4 is 0 Å². The van der Waals surface area contributed by atoms with Gasteiger partial charge in [-0.25, -0.2) is 0 Å². The minimum atomic E-state index is 0.354. The Labute approximate surface area is 90.9 Å². The SMILES string of the molecule is N[C@H]1[C@H]2CNC[C@H](C2)[C@@H]1c1ccccc1. The van der Waals surface area contributed by atoms with Crippen LogP contribution >= 0.6 is 0 Å². The first-order valence-electron chi connectivity index (χ1n) is 5.87. The summed E-state index contributed by atoms with van der Waals surface area (Å²) in [5.41, 5.74) is 7.79. The van der Waals surface area contributed by atoms with E-state index in [2.05, 4.69) is 35.6 Å². The number of hydrogen-bond acceptors (Lipinski definition) is 2. The summed E-state index contributed by atoms with van der Waals surface area (Å²) in [7, 11) is 0. The van der Waals surface area contributed by atoms with Crippen LogP contribution in [-0.2, 0) is 0 Å². The molecule has 2 fully saturated rings. The van der Waals surface area contributed by atoms with Crippen molar-refractivity contribution in [2.75, 3.05) is 13.1 Å². The van der Waals surface area contributed by atoms with Crippen LogP contribution in [0.25, 0.3) is 0 Å². The van der Waals surface area contributed by atoms with E-state index in [1.54, 1.807) is 0 Å². The van der Waals surface area contributed by atoms with Crippen molar-refractivity contribution in [3.63, 3.8) is 0 Å². The lowest BCUT2D eigenvalue weighted by atomic mass is 9.87. The highest BCUT2D eigenvalue weighted by Crippen LogP contribution is 2.43. The number of hydrogen-bond donors (Lipinski definition) is 2. The molecule has 1 aliphatic carbocycles. The van der Waals surface area contributed by atoms with Gasteiger partial charge in [-0.3, -0.25) is 0 Å². The smallest absolute Gasteiger partial charge is 0.0152 e. The summed E-state index contributed by atoms with van der Waals surface area (Å²) in [6.07, 6.45) is 1.31. The van der Waals surface area contributed by atoms with E-state index in [4.69, 9.17) is 5.73 Å². The Bertz CT molecular complexity index is 334. The molecule has 0 unspecified atom stereocenters. The van der Waals surface area contributed by atoms with Crippen LogP contribution in [0, 0.1) is 11.8 Å². The van der Waals surface area contributed by atoms with Crippen LogP contribution in [0.1, 0.15) is 17.9 Å². The molecule has 3 N–H and O–H groups in total. The molecular weight excluding hydrogens is 184 g/mol. The van der Waals surface area contributed by atoms with E-state index in [0.717, 1.165) is 19.0 Å². The van der Waals surface area contributed by atoms with E-state index in [0.29, 0.717) is 17.9 Å². The van der Waals surface area contributed by atoms with Crippen LogP contribution in [0.5, 0.6) is 0 Å². The van der Waals surface area contributed by atoms with Gasteiger partial charge in [0.2, 0.25) is 0 Å². The number of piperidine rings is 1. The summed E-state index contributed by atoms with van der Waals surface area (Å²) in [5.74, 6) is 2.02. The largest absolute Gasteiger partial charge is 0.327 e. The van der Waals surface area contributed by atoms with Gasteiger partial charge in [-0.15, -0.1) is 0 Å². The molecule has 3 rings (SSSR count). The summed E-state index contributed by atoms with van der Waals surface area (Å²) in [5, 5.41) is 3.50. The Balaban J connectivity index is 1.93. The second kappa shape index (κ2) is 3.62. The average molecular weight is 202 g/mol. The standard InChI is InChI=1S/C13H18N2/c14-13-11-6-10(7-15-8-11)12(13)9-4-2-1-3-5-9/h1-5,10-13,15H,6-8,14H2/t10-,11+,12-,13-/m0/s1. The molecule has 1 aliphatic heterocycles. The highest BCUT2D eigenvalue weighted by atomic mass is 14.9. The first-order valence-corrected chi connectivity index (χ1v) is 5.87. The van der Waals surface area contributed by atoms with Crippen molar-refractivity contribution in [2.24, 2.45) is 17.6 Å². The zero-order valence-electron chi connectivity index (χ0n) is 8.89. The van der Waals surface area contributed by atoms with E-state index in [9.17, 15) is 0 Å². The quantitative estimate of drug-likeness (QED) is 0.721. The van der Waals surface area contributed by atoms with E-state index in [1.807, 2.05) is 0 Å². The molecule has 4 atom stereocenters. The normalized spacial score (nSPS) is 39.3. The van der Waals surface area contributed by atoms with Gasteiger partial charge in [0.15, 0.2) is 0 Å². The van der Waals surface area contributed by atoms with E-state index >= 15 is 0 Å². The van der Waals surface area contributed by atoms with Gasteiger partial charge in [0.05, 0.1) is 0 Å². The molecule has 1 saturated heterocycles. The fourth-order valence-electron chi connectivity index (χ4n) is 3.35. The number of rotatable bonds is 1. The molecule has 0 radical (unpaired) electrons. The first-order chi connectivity index (χ1) is 7.36. The lowest BCUT2D eigenvalue weighted by Crippen LogP contribution is -2.35. The predicted octanol–water partition coefficient (Wildman–Crippen LogP) is 1.34. The van der Waals surface area contributed by atoms with Gasteiger partial charge in [0, 0.05) is 12.0 Å². The summed E-state index contributed by atoms with van der Waals surface area (Å²) < 4.78 is 0. The third-order valence-corrected chi connectivity index (χ3v) is 4.07. The predicted molar refractivity (Wildman–Crippen MR) is 61.6 cm³/mol. The van der Waals surface area contributed by atoms with Crippen molar-refractivity contribution < 1.29 is 0 Å². The van der Waals surface area contributed by atoms with E-state index < -0.39 is 0 Å². The van der Waals surface area contributed by atoms with E-state index in [1.165, 1.54) is 12.0 Å². The van der Waals surface area contributed by atoms with Crippen LogP contribution in [0.3, 0.4) is 0 Å². The molecule has 0 spiro atoms. The number of benzene rings is 1. The van der Waals surface area contributed by atoms with Crippen molar-refractivity contribution in [3.05, 3.63) is 35.9 Å². The molecule has 2 nitrogen and oxygen atoms in total. The summed E-state index contributed by atoms with van der Waals surface area (Å²) in [6.45, 7) is 2.25. The maximum atomic E-state index is 6.36. The second-order valence-corrected chi connectivity index (χ2v) is 4.93. The van der Waals surface area contributed by atoms with Crippen LogP contribution in [0.15, 0.2) is 30.3 Å². The van der Waals surface area contributed by atoms with Gasteiger partial charge < -0.3 is 11.1 Å². The molecule has 1 aromatic carbocycles. The molecule has 80 valence electrons. The molecule has 2 heteroatoms. The van der Waals surface area contributed by atoms with Crippen molar-refractivity contribution in [1.82, 2.24) is 5.32 Å². The number of nitrogens with one attached hydrogen (secondary N) is 1. The Hall–Kier alpha value is -0.860. The molecule has 0 aromatic heterocycles. The molecular formula is C13H18N2. The van der Waals surface area contributed by atoms with Crippen LogP contribution in [0.2, 0.25) is 0 Å². The Morgan fingerprint density at radius 3 is 2.53 bits per heavy atom. The molecule has 1 heterocycles. The maximum absolute atomic E-state index is 6.36. The van der Waals surface area contributed by atoms with Gasteiger partial charge in [-0.1, -0.05) is 30.3 Å². The van der Waals surface area contributed by atoms with Gasteiger partial charge in [-0.2, -0.15) is 0 Å². The number of fused-ring (bicyclic) bond motifs is 2. The monoisotopic (exact) mass is 202 g/mol. The van der Waals surface area contributed by atoms with Crippen molar-refractivity contribution in [2.45, 2.75) is 18.4 Å². The third kappa shape index (κ3) is 1.48. The third-order valence-electron chi connectivity index (χ3n) is 4.07. The minimum Gasteiger partial charge on any atom is -0.327 e. The summed E-state index contributed by atoms with van der Waals surface area (Å²) in [6, 6.07) is 11.1. The van der Waals surface area contributed by atoms with Gasteiger partial charge in [-0.05, 0) is 36.9 Å². The fraction of sp³-hybridized carbons (Fsp3) is 0.538. The lowest BCUT2D eigenvalue weighted by Gasteiger charge is -2.22. The highest BCUT2D eigenvalue weighted by molar-refractivity contribution is 5.25. The second-order valence-electron chi connectivity index (χ2n) is 4.93. The fourth-order valence-corrected chi connectivity index (χ4v) is 3.35. The first kappa shape index (κ1) is 9.37. The Kier molecular flexibility index (Phi) is 2.26. The molecule has 15 heavy (non-hydrogen) atoms. The zero-order valence-corrected chi connectivity index (χ0v) is 8.89. The zero-order chi connectivity index (χ0) is 10.3. The molecule has 0 amide bonds. The van der Waals surface area contributed by atoms with Gasteiger partial charge >= 0.3 is 0 Å². The van der Waals surface area contributed by atoms with E-state index in [-0.39, 0.29) is 0 Å². The lowest BCUT2D eigenvalue weighted by molar-refractivity contribution is 0.366. The Morgan fingerprint density at radius 2 is 1.80 bits per heavy atom. The van der Waals surface area contributed by atoms with Crippen LogP contribution in [-0.4, -0.2) is 19.1 Å². The van der Waals surface area contributed by atoms with Crippen molar-refractivity contribution in [3.8, 4) is 0 Å². The topological polar surface area (TPSA) is 38.0 Å². The molecule has 2 bridgehead atoms. The highest BCUT2D eigenvalue weighted by Gasteiger charge is 2.43. The number of nitrogens with two attached hydrogens (primary N) is 1. The maximum Gasteiger partial charge on any atom is 0.0152 e. The van der Waals surface area contributed by atoms with Crippen molar-refractivity contribution in [1.29, 1.82) is 0 Å². The average Bonchev–Trinajstić information content (AvgIpc) is 2.51. The minimum absolute atomic E-state index is 0.354. The van der Waals surface area contributed by atoms with Gasteiger partial charge in [0.25, 0.3) is 0 Å². The summed E-state index contributed by atoms with van der Waals surface area (Å²) in [4.78, 5) is 0. The molecule has 1 aromatic rings. The molecule has 1 saturated carbocycles. The Morgan fingerprint density at radius 1 is 1.07 bits per heavy atom. The van der Waals surface area contributed by atoms with Crippen LogP contribution in [0.4, 0.5) is 0 Å². The van der Waals surface area contributed by atoms with Gasteiger partial charge in [0.1, 0.15) is 0 Å². The summed E-state index contributed by atoms with van der Waals surface area (Å²) >= 11 is 0. The van der Waals surface area contributed by atoms with Crippen LogP contribution < -0.4 is 11.1 Å². The molecule has 2 aliphatic rings.